The van der Waals surface area contributed by atoms with E-state index in [0.29, 0.717) is 6.42 Å². The van der Waals surface area contributed by atoms with E-state index in [-0.39, 0.29) is 34.8 Å². The zero-order valence-electron chi connectivity index (χ0n) is 16.9. The highest BCUT2D eigenvalue weighted by Gasteiger charge is 2.43. The van der Waals surface area contributed by atoms with Crippen LogP contribution in [-0.2, 0) is 21.2 Å². The van der Waals surface area contributed by atoms with Gasteiger partial charge in [-0.2, -0.15) is 4.31 Å². The topological polar surface area (TPSA) is 86.8 Å². The summed E-state index contributed by atoms with van der Waals surface area (Å²) in [6.07, 6.45) is 4.73. The summed E-state index contributed by atoms with van der Waals surface area (Å²) in [4.78, 5) is 27.3. The van der Waals surface area contributed by atoms with E-state index < -0.39 is 16.1 Å². The Morgan fingerprint density at radius 2 is 1.83 bits per heavy atom. The van der Waals surface area contributed by atoms with Crippen LogP contribution in [0.15, 0.2) is 53.4 Å². The molecule has 8 heteroatoms. The Morgan fingerprint density at radius 1 is 1.10 bits per heavy atom. The van der Waals surface area contributed by atoms with Gasteiger partial charge in [-0.15, -0.1) is 0 Å². The molecule has 1 aliphatic heterocycles. The lowest BCUT2D eigenvalue weighted by Crippen LogP contribution is -2.54. The fraction of sp³-hybridized carbons (Fsp3) is 0.364. The first-order valence-corrected chi connectivity index (χ1v) is 11.7. The maximum absolute atomic E-state index is 13.4. The molecule has 2 aromatic rings. The number of benzene rings is 2. The van der Waals surface area contributed by atoms with Crippen molar-refractivity contribution < 1.29 is 18.0 Å². The summed E-state index contributed by atoms with van der Waals surface area (Å²) >= 11 is 0. The zero-order valence-corrected chi connectivity index (χ0v) is 17.7. The highest BCUT2D eigenvalue weighted by atomic mass is 32.2. The standard InChI is InChI=1S/C22H25N3O4S/c1-2-16-8-7-11-18(14-16)25-22(27)24(15-21(26)23-17-9-3-4-10-17)19-12-5-6-13-20(19)30(25,28)29/h5-8,11-14,17H,2-4,9-10,15H2,1H3,(H,23,26). The molecule has 0 aromatic heterocycles. The lowest BCUT2D eigenvalue weighted by molar-refractivity contribution is -0.120. The van der Waals surface area contributed by atoms with Gasteiger partial charge in [0.05, 0.1) is 11.4 Å². The van der Waals surface area contributed by atoms with Crippen LogP contribution < -0.4 is 14.5 Å². The number of anilines is 2. The van der Waals surface area contributed by atoms with Gasteiger partial charge in [-0.3, -0.25) is 9.69 Å². The minimum atomic E-state index is -4.09. The Balaban J connectivity index is 1.72. The van der Waals surface area contributed by atoms with Crippen LogP contribution in [0.25, 0.3) is 0 Å². The van der Waals surface area contributed by atoms with Crippen molar-refractivity contribution in [3.63, 3.8) is 0 Å². The van der Waals surface area contributed by atoms with Gasteiger partial charge in [0, 0.05) is 6.04 Å². The molecule has 0 unspecified atom stereocenters. The Hall–Kier alpha value is -2.87. The highest BCUT2D eigenvalue weighted by molar-refractivity contribution is 7.94. The fourth-order valence-corrected chi connectivity index (χ4v) is 5.69. The van der Waals surface area contributed by atoms with Crippen molar-refractivity contribution in [2.24, 2.45) is 0 Å². The second kappa shape index (κ2) is 8.10. The number of urea groups is 1. The van der Waals surface area contributed by atoms with Crippen molar-refractivity contribution in [1.82, 2.24) is 5.32 Å². The van der Waals surface area contributed by atoms with Crippen LogP contribution in [0, 0.1) is 0 Å². The SMILES string of the molecule is CCc1cccc(N2C(=O)N(CC(=O)NC3CCCC3)c3ccccc3S2(=O)=O)c1. The first-order chi connectivity index (χ1) is 14.4. The van der Waals surface area contributed by atoms with Crippen molar-refractivity contribution in [3.8, 4) is 0 Å². The van der Waals surface area contributed by atoms with E-state index >= 15 is 0 Å². The van der Waals surface area contributed by atoms with Gasteiger partial charge in [0.1, 0.15) is 11.4 Å². The summed E-state index contributed by atoms with van der Waals surface area (Å²) in [7, 11) is -4.09. The quantitative estimate of drug-likeness (QED) is 0.792. The van der Waals surface area contributed by atoms with Crippen molar-refractivity contribution in [3.05, 3.63) is 54.1 Å². The number of hydrogen-bond donors (Lipinski definition) is 1. The Morgan fingerprint density at radius 3 is 2.57 bits per heavy atom. The molecule has 2 aromatic carbocycles. The lowest BCUT2D eigenvalue weighted by atomic mass is 10.1. The summed E-state index contributed by atoms with van der Waals surface area (Å²) in [5.74, 6) is -0.286. The highest BCUT2D eigenvalue weighted by Crippen LogP contribution is 2.37. The number of nitrogens with one attached hydrogen (secondary N) is 1. The second-order valence-corrected chi connectivity index (χ2v) is 9.43. The van der Waals surface area contributed by atoms with Crippen LogP contribution in [0.4, 0.5) is 16.2 Å². The van der Waals surface area contributed by atoms with Gasteiger partial charge in [0.2, 0.25) is 5.91 Å². The van der Waals surface area contributed by atoms with Gasteiger partial charge in [0.15, 0.2) is 0 Å². The summed E-state index contributed by atoms with van der Waals surface area (Å²) in [5.41, 5.74) is 1.42. The van der Waals surface area contributed by atoms with Crippen LogP contribution in [0.3, 0.4) is 0 Å². The third kappa shape index (κ3) is 3.67. The summed E-state index contributed by atoms with van der Waals surface area (Å²) in [6, 6.07) is 12.6. The van der Waals surface area contributed by atoms with E-state index in [1.807, 2.05) is 13.0 Å². The smallest absolute Gasteiger partial charge is 0.343 e. The fourth-order valence-electron chi connectivity index (χ4n) is 4.10. The minimum Gasteiger partial charge on any atom is -0.352 e. The van der Waals surface area contributed by atoms with E-state index in [9.17, 15) is 18.0 Å². The number of hydrogen-bond acceptors (Lipinski definition) is 4. The number of para-hydroxylation sites is 1. The van der Waals surface area contributed by atoms with E-state index in [0.717, 1.165) is 35.6 Å². The molecule has 0 spiro atoms. The van der Waals surface area contributed by atoms with Crippen LogP contribution in [0.1, 0.15) is 38.2 Å². The number of fused-ring (bicyclic) bond motifs is 1. The molecule has 30 heavy (non-hydrogen) atoms. The molecule has 7 nitrogen and oxygen atoms in total. The molecule has 0 saturated heterocycles. The number of aryl methyl sites for hydroxylation is 1. The molecule has 3 amide bonds. The van der Waals surface area contributed by atoms with Crippen LogP contribution in [0.2, 0.25) is 0 Å². The molecule has 0 atom stereocenters. The lowest BCUT2D eigenvalue weighted by Gasteiger charge is -2.36. The molecule has 158 valence electrons. The van der Waals surface area contributed by atoms with Gasteiger partial charge < -0.3 is 5.32 Å². The minimum absolute atomic E-state index is 0.0140. The molecule has 1 aliphatic carbocycles. The first-order valence-electron chi connectivity index (χ1n) is 10.3. The van der Waals surface area contributed by atoms with E-state index in [1.165, 1.54) is 11.0 Å². The van der Waals surface area contributed by atoms with Gasteiger partial charge in [0.25, 0.3) is 10.0 Å². The van der Waals surface area contributed by atoms with Gasteiger partial charge in [-0.1, -0.05) is 44.0 Å². The first kappa shape index (κ1) is 20.4. The number of amides is 3. The van der Waals surface area contributed by atoms with Gasteiger partial charge >= 0.3 is 6.03 Å². The number of sulfonamides is 1. The number of carbonyl (C=O) groups is 2. The zero-order chi connectivity index (χ0) is 21.3. The maximum atomic E-state index is 13.4. The number of carbonyl (C=O) groups excluding carboxylic acids is 2. The Bertz CT molecular complexity index is 1080. The largest absolute Gasteiger partial charge is 0.352 e. The third-order valence-electron chi connectivity index (χ3n) is 5.65. The summed E-state index contributed by atoms with van der Waals surface area (Å²) < 4.78 is 27.4. The van der Waals surface area contributed by atoms with Crippen molar-refractivity contribution >= 4 is 33.3 Å². The van der Waals surface area contributed by atoms with Crippen LogP contribution in [0.5, 0.6) is 0 Å². The normalized spacial score (nSPS) is 18.4. The monoisotopic (exact) mass is 427 g/mol. The average molecular weight is 428 g/mol. The second-order valence-electron chi connectivity index (χ2n) is 7.68. The van der Waals surface area contributed by atoms with Crippen LogP contribution in [-0.4, -0.2) is 32.9 Å². The van der Waals surface area contributed by atoms with Crippen molar-refractivity contribution in [2.45, 2.75) is 50.0 Å². The van der Waals surface area contributed by atoms with Gasteiger partial charge in [-0.05, 0) is 49.1 Å². The molecule has 0 radical (unpaired) electrons. The molecule has 2 aliphatic rings. The van der Waals surface area contributed by atoms with E-state index in [2.05, 4.69) is 5.32 Å². The van der Waals surface area contributed by atoms with E-state index in [4.69, 9.17) is 0 Å². The molecule has 1 saturated carbocycles. The molecule has 1 fully saturated rings. The molecule has 4 rings (SSSR count). The molecular formula is C22H25N3O4S. The molecule has 0 bridgehead atoms. The molecule has 1 heterocycles. The third-order valence-corrected chi connectivity index (χ3v) is 7.40. The van der Waals surface area contributed by atoms with Crippen LogP contribution >= 0.6 is 0 Å². The molecule has 1 N–H and O–H groups in total. The predicted octanol–water partition coefficient (Wildman–Crippen LogP) is 3.44. The molecular weight excluding hydrogens is 402 g/mol. The van der Waals surface area contributed by atoms with Gasteiger partial charge in [-0.25, -0.2) is 13.2 Å². The Labute approximate surface area is 176 Å². The van der Waals surface area contributed by atoms with E-state index in [1.54, 1.807) is 36.4 Å². The summed E-state index contributed by atoms with van der Waals surface area (Å²) in [5, 5.41) is 2.97. The average Bonchev–Trinajstić information content (AvgIpc) is 3.24. The number of rotatable bonds is 5. The van der Waals surface area contributed by atoms with Crippen molar-refractivity contribution in [1.29, 1.82) is 0 Å². The van der Waals surface area contributed by atoms with Crippen molar-refractivity contribution in [2.75, 3.05) is 15.7 Å². The Kier molecular flexibility index (Phi) is 5.51. The number of nitrogens with zero attached hydrogens (tertiary/aromatic N) is 2. The summed E-state index contributed by atoms with van der Waals surface area (Å²) in [6.45, 7) is 1.73. The maximum Gasteiger partial charge on any atom is 0.343 e. The predicted molar refractivity (Wildman–Crippen MR) is 115 cm³/mol.